The van der Waals surface area contributed by atoms with Crippen LogP contribution in [0.25, 0.3) is 0 Å². The van der Waals surface area contributed by atoms with Crippen LogP contribution in [0.2, 0.25) is 5.02 Å². The van der Waals surface area contributed by atoms with Crippen LogP contribution in [0.1, 0.15) is 17.7 Å². The van der Waals surface area contributed by atoms with E-state index in [0.29, 0.717) is 17.1 Å². The molecule has 1 aromatic heterocycles. The van der Waals surface area contributed by atoms with E-state index in [1.807, 2.05) is 17.5 Å². The summed E-state index contributed by atoms with van der Waals surface area (Å²) in [7, 11) is 0. The largest absolute Gasteiger partial charge is 0.456 e. The van der Waals surface area contributed by atoms with Crippen molar-refractivity contribution in [1.29, 1.82) is 0 Å². The summed E-state index contributed by atoms with van der Waals surface area (Å²) in [5, 5.41) is 5.16. The predicted octanol–water partition coefficient (Wildman–Crippen LogP) is 3.91. The maximum absolute atomic E-state index is 11.7. The van der Waals surface area contributed by atoms with Gasteiger partial charge >= 0.3 is 5.97 Å². The van der Waals surface area contributed by atoms with E-state index in [0.717, 1.165) is 12.8 Å². The molecule has 0 aliphatic rings. The number of anilines is 1. The molecule has 116 valence electrons. The molecule has 0 aliphatic heterocycles. The number of carbonyl (C=O) groups is 2. The van der Waals surface area contributed by atoms with Gasteiger partial charge in [0.2, 0.25) is 0 Å². The summed E-state index contributed by atoms with van der Waals surface area (Å²) in [6.45, 7) is -0.287. The fraction of sp³-hybridized carbons (Fsp3) is 0.250. The third kappa shape index (κ3) is 5.87. The Labute approximate surface area is 138 Å². The standard InChI is InChI=1S/C16H16ClNO3S/c17-12-4-1-5-13(10-12)18-15(19)11-21-16(20)8-2-6-14-7-3-9-22-14/h1,3-5,7,9-10H,2,6,8,11H2,(H,18,19). The molecule has 0 saturated heterocycles. The van der Waals surface area contributed by atoms with Gasteiger partial charge in [-0.15, -0.1) is 11.3 Å². The number of benzene rings is 1. The molecule has 4 nitrogen and oxygen atoms in total. The van der Waals surface area contributed by atoms with E-state index >= 15 is 0 Å². The van der Waals surface area contributed by atoms with Crippen molar-refractivity contribution in [2.24, 2.45) is 0 Å². The molecule has 1 heterocycles. The molecule has 1 N–H and O–H groups in total. The first-order chi connectivity index (χ1) is 10.6. The van der Waals surface area contributed by atoms with Gasteiger partial charge in [-0.1, -0.05) is 23.7 Å². The highest BCUT2D eigenvalue weighted by molar-refractivity contribution is 7.09. The quantitative estimate of drug-likeness (QED) is 0.779. The van der Waals surface area contributed by atoms with Gasteiger partial charge in [0.15, 0.2) is 6.61 Å². The second-order valence-corrected chi connectivity index (χ2v) is 6.12. The predicted molar refractivity (Wildman–Crippen MR) is 88.3 cm³/mol. The highest BCUT2D eigenvalue weighted by Gasteiger charge is 2.08. The smallest absolute Gasteiger partial charge is 0.306 e. The molecule has 0 aliphatic carbocycles. The number of carbonyl (C=O) groups excluding carboxylic acids is 2. The Morgan fingerprint density at radius 2 is 2.09 bits per heavy atom. The maximum atomic E-state index is 11.7. The van der Waals surface area contributed by atoms with E-state index in [1.165, 1.54) is 4.88 Å². The van der Waals surface area contributed by atoms with E-state index in [9.17, 15) is 9.59 Å². The molecular formula is C16H16ClNO3S. The van der Waals surface area contributed by atoms with Crippen LogP contribution < -0.4 is 5.32 Å². The number of esters is 1. The number of hydrogen-bond donors (Lipinski definition) is 1. The number of aryl methyl sites for hydroxylation is 1. The lowest BCUT2D eigenvalue weighted by molar-refractivity contribution is -0.147. The van der Waals surface area contributed by atoms with Crippen LogP contribution in [0.5, 0.6) is 0 Å². The number of nitrogens with one attached hydrogen (secondary N) is 1. The highest BCUT2D eigenvalue weighted by Crippen LogP contribution is 2.15. The summed E-state index contributed by atoms with van der Waals surface area (Å²) in [5.41, 5.74) is 0.575. The van der Waals surface area contributed by atoms with E-state index in [1.54, 1.807) is 35.6 Å². The van der Waals surface area contributed by atoms with Gasteiger partial charge in [0.25, 0.3) is 5.91 Å². The van der Waals surface area contributed by atoms with E-state index in [2.05, 4.69) is 5.32 Å². The fourth-order valence-electron chi connectivity index (χ4n) is 1.84. The first-order valence-corrected chi connectivity index (χ1v) is 8.12. The highest BCUT2D eigenvalue weighted by atomic mass is 35.5. The van der Waals surface area contributed by atoms with Crippen molar-refractivity contribution in [3.8, 4) is 0 Å². The van der Waals surface area contributed by atoms with Gasteiger partial charge in [-0.2, -0.15) is 0 Å². The second-order valence-electron chi connectivity index (χ2n) is 4.65. The Bertz CT molecular complexity index is 628. The van der Waals surface area contributed by atoms with Gasteiger partial charge in [0.1, 0.15) is 0 Å². The van der Waals surface area contributed by atoms with Crippen molar-refractivity contribution in [1.82, 2.24) is 0 Å². The lowest BCUT2D eigenvalue weighted by atomic mass is 10.2. The van der Waals surface area contributed by atoms with Crippen LogP contribution in [-0.2, 0) is 20.7 Å². The van der Waals surface area contributed by atoms with Crippen LogP contribution in [0, 0.1) is 0 Å². The molecule has 0 bridgehead atoms. The molecule has 0 saturated carbocycles. The minimum atomic E-state index is -0.381. The number of halogens is 1. The van der Waals surface area contributed by atoms with E-state index in [-0.39, 0.29) is 18.5 Å². The zero-order valence-electron chi connectivity index (χ0n) is 11.9. The Hall–Kier alpha value is -1.85. The second kappa shape index (κ2) is 8.56. The molecule has 1 amide bonds. The number of amides is 1. The van der Waals surface area contributed by atoms with Crippen molar-refractivity contribution in [2.45, 2.75) is 19.3 Å². The van der Waals surface area contributed by atoms with E-state index in [4.69, 9.17) is 16.3 Å². The summed E-state index contributed by atoms with van der Waals surface area (Å²) >= 11 is 7.49. The van der Waals surface area contributed by atoms with Crippen molar-refractivity contribution in [3.05, 3.63) is 51.7 Å². The first kappa shape index (κ1) is 16.5. The zero-order valence-corrected chi connectivity index (χ0v) is 13.5. The van der Waals surface area contributed by atoms with Gasteiger partial charge in [-0.05, 0) is 42.5 Å². The fourth-order valence-corrected chi connectivity index (χ4v) is 2.78. The molecule has 0 radical (unpaired) electrons. The molecule has 6 heteroatoms. The van der Waals surface area contributed by atoms with Gasteiger partial charge in [-0.3, -0.25) is 9.59 Å². The number of ether oxygens (including phenoxy) is 1. The van der Waals surface area contributed by atoms with Crippen LogP contribution in [0.15, 0.2) is 41.8 Å². The van der Waals surface area contributed by atoms with Crippen LogP contribution >= 0.6 is 22.9 Å². The Morgan fingerprint density at radius 3 is 2.82 bits per heavy atom. The molecule has 2 rings (SSSR count). The maximum Gasteiger partial charge on any atom is 0.306 e. The SMILES string of the molecule is O=C(COC(=O)CCCc1cccs1)Nc1cccc(Cl)c1. The summed E-state index contributed by atoms with van der Waals surface area (Å²) in [5.74, 6) is -0.744. The molecule has 2 aromatic rings. The Balaban J connectivity index is 1.64. The first-order valence-electron chi connectivity index (χ1n) is 6.87. The summed E-state index contributed by atoms with van der Waals surface area (Å²) in [6, 6.07) is 10.8. The third-order valence-corrected chi connectivity index (χ3v) is 4.03. The Morgan fingerprint density at radius 1 is 1.23 bits per heavy atom. The van der Waals surface area contributed by atoms with Gasteiger partial charge in [0.05, 0.1) is 0 Å². The van der Waals surface area contributed by atoms with Crippen LogP contribution in [0.3, 0.4) is 0 Å². The van der Waals surface area contributed by atoms with Gasteiger partial charge < -0.3 is 10.1 Å². The summed E-state index contributed by atoms with van der Waals surface area (Å²) in [6.07, 6.45) is 1.87. The minimum Gasteiger partial charge on any atom is -0.456 e. The molecule has 0 spiro atoms. The third-order valence-electron chi connectivity index (χ3n) is 2.86. The number of thiophene rings is 1. The molecule has 0 atom stereocenters. The lowest BCUT2D eigenvalue weighted by Gasteiger charge is -2.06. The minimum absolute atomic E-state index is 0.287. The Kier molecular flexibility index (Phi) is 6.43. The van der Waals surface area contributed by atoms with Crippen molar-refractivity contribution in [2.75, 3.05) is 11.9 Å². The van der Waals surface area contributed by atoms with Crippen molar-refractivity contribution < 1.29 is 14.3 Å². The summed E-state index contributed by atoms with van der Waals surface area (Å²) in [4.78, 5) is 24.5. The number of hydrogen-bond acceptors (Lipinski definition) is 4. The summed E-state index contributed by atoms with van der Waals surface area (Å²) < 4.78 is 4.95. The van der Waals surface area contributed by atoms with Gasteiger partial charge in [-0.25, -0.2) is 0 Å². The molecule has 1 aromatic carbocycles. The van der Waals surface area contributed by atoms with E-state index < -0.39 is 0 Å². The molecule has 0 fully saturated rings. The molecule has 0 unspecified atom stereocenters. The van der Waals surface area contributed by atoms with Crippen LogP contribution in [0.4, 0.5) is 5.69 Å². The molecular weight excluding hydrogens is 322 g/mol. The van der Waals surface area contributed by atoms with Crippen molar-refractivity contribution >= 4 is 40.5 Å². The van der Waals surface area contributed by atoms with Crippen molar-refractivity contribution in [3.63, 3.8) is 0 Å². The van der Waals surface area contributed by atoms with Crippen LogP contribution in [-0.4, -0.2) is 18.5 Å². The zero-order chi connectivity index (χ0) is 15.8. The topological polar surface area (TPSA) is 55.4 Å². The van der Waals surface area contributed by atoms with Gasteiger partial charge in [0, 0.05) is 22.0 Å². The average Bonchev–Trinajstić information content (AvgIpc) is 2.98. The number of rotatable bonds is 7. The normalized spacial score (nSPS) is 10.2. The average molecular weight is 338 g/mol. The molecule has 22 heavy (non-hydrogen) atoms. The lowest BCUT2D eigenvalue weighted by Crippen LogP contribution is -2.20. The monoisotopic (exact) mass is 337 g/mol.